The van der Waals surface area contributed by atoms with Crippen molar-refractivity contribution in [2.75, 3.05) is 83.1 Å². The summed E-state index contributed by atoms with van der Waals surface area (Å²) in [4.78, 5) is 129. The molecule has 5 aromatic heterocycles. The van der Waals surface area contributed by atoms with Gasteiger partial charge in [0.1, 0.15) is 28.7 Å². The highest BCUT2D eigenvalue weighted by atomic mass is 35.5. The zero-order valence-corrected chi connectivity index (χ0v) is 82.4. The fourth-order valence-corrected chi connectivity index (χ4v) is 17.6. The summed E-state index contributed by atoms with van der Waals surface area (Å²) in [5.74, 6) is 1.22. The van der Waals surface area contributed by atoms with E-state index < -0.39 is 33.6 Å². The number of imidazole rings is 2. The zero-order chi connectivity index (χ0) is 100. The number of pyridine rings is 2. The highest BCUT2D eigenvalue weighted by Gasteiger charge is 2.41. The number of aryl methyl sites for hydroxylation is 2. The third-order valence-electron chi connectivity index (χ3n) is 23.4. The number of hydrogen-bond acceptors (Lipinski definition) is 24. The number of fused-ring (bicyclic) bond motifs is 8. The summed E-state index contributed by atoms with van der Waals surface area (Å²) < 4.78 is 30.7. The van der Waals surface area contributed by atoms with E-state index in [1.807, 2.05) is 210 Å². The molecule has 0 radical (unpaired) electrons. The second-order valence-corrected chi connectivity index (χ2v) is 39.0. The number of hydrogen-bond donors (Lipinski definition) is 11. The first-order valence-electron chi connectivity index (χ1n) is 46.4. The highest BCUT2D eigenvalue weighted by molar-refractivity contribution is 7.88. The first-order chi connectivity index (χ1) is 66.2. The minimum absolute atomic E-state index is 0.0249. The number of unbranched alkanes of at least 4 members (excludes halogenated alkanes) is 1. The molecule has 3 aliphatic heterocycles. The Morgan fingerprint density at radius 2 is 1.30 bits per heavy atom. The van der Waals surface area contributed by atoms with Gasteiger partial charge >= 0.3 is 0 Å². The van der Waals surface area contributed by atoms with Crippen molar-refractivity contribution in [1.82, 2.24) is 84.4 Å². The Labute approximate surface area is 813 Å². The number of nitrogen functional groups attached to an aromatic ring is 4. The lowest BCUT2D eigenvalue weighted by molar-refractivity contribution is -0.137. The molecule has 1 saturated heterocycles. The minimum Gasteiger partial charge on any atom is -0.399 e. The molecule has 1 unspecified atom stereocenters. The van der Waals surface area contributed by atoms with Gasteiger partial charge < -0.3 is 62.9 Å². The Kier molecular flexibility index (Phi) is 34.7. The summed E-state index contributed by atoms with van der Waals surface area (Å²) in [6, 6.07) is 59.0. The summed E-state index contributed by atoms with van der Waals surface area (Å²) in [6.07, 6.45) is 6.34. The van der Waals surface area contributed by atoms with Crippen LogP contribution >= 0.6 is 11.6 Å². The van der Waals surface area contributed by atoms with E-state index in [-0.39, 0.29) is 59.4 Å². The maximum absolute atomic E-state index is 13.9. The molecule has 8 heterocycles. The predicted octanol–water partition coefficient (Wildman–Crippen LogP) is 12.9. The van der Waals surface area contributed by atoms with Crippen LogP contribution in [0.1, 0.15) is 179 Å². The fourth-order valence-electron chi connectivity index (χ4n) is 16.9. The zero-order valence-electron chi connectivity index (χ0n) is 80.8. The molecule has 14 aromatic rings. The minimum atomic E-state index is -3.18. The molecule has 0 bridgehead atoms. The largest absolute Gasteiger partial charge is 0.399 e. The molecular formula is C104H125ClN22O11S. The lowest BCUT2D eigenvalue weighted by Crippen LogP contribution is -2.52. The van der Waals surface area contributed by atoms with Gasteiger partial charge in [0.25, 0.3) is 35.1 Å². The van der Waals surface area contributed by atoms with E-state index in [0.29, 0.717) is 167 Å². The van der Waals surface area contributed by atoms with Crippen molar-refractivity contribution < 1.29 is 47.1 Å². The maximum Gasteiger partial charge on any atom is 0.261 e. The molecule has 17 rings (SSSR count). The third kappa shape index (κ3) is 26.1. The van der Waals surface area contributed by atoms with Crippen LogP contribution in [0.3, 0.4) is 0 Å². The summed E-state index contributed by atoms with van der Waals surface area (Å²) in [6.45, 7) is 22.9. The van der Waals surface area contributed by atoms with Crippen molar-refractivity contribution in [3.8, 4) is 0 Å². The van der Waals surface area contributed by atoms with Gasteiger partial charge in [-0.1, -0.05) is 154 Å². The Morgan fingerprint density at radius 3 is 1.93 bits per heavy atom. The van der Waals surface area contributed by atoms with Gasteiger partial charge in [0, 0.05) is 125 Å². The first-order valence-corrected chi connectivity index (χ1v) is 48.6. The quantitative estimate of drug-likeness (QED) is 0.00939. The molecule has 35 heteroatoms. The lowest BCUT2D eigenvalue weighted by Gasteiger charge is -2.35. The van der Waals surface area contributed by atoms with Crippen LogP contribution < -0.4 is 60.4 Å². The van der Waals surface area contributed by atoms with Crippen LogP contribution in [0.2, 0.25) is 5.02 Å². The standard InChI is InChI=1S/C30H33ClN4O2.C19H27N5O3S.C16H17N3O2.C14H16N4.C13H13N3O3.C12H19N3O/c1-20(2)27(34(17-7-16-32)29(36)23-12-10-21(3)11-13-23)28-33-26-18-24(31)14-15-25(26)30(37)35(28)19-22-8-5-4-6-9-22;1-19(2,25)12-24-15(10-6-7-11-21-28(3,26)27)23-16-17(24)13-8-4-5-9-14(13)22-18(16)20;1-18(2)6-7-19-15(20)12-5-3-4-10-8-11(17)9-13(14(10)12)16(19)21;1-9(2)7-18-8-16-12-13(18)10-5-3-4-6-11(10)17-14(12)15;14-9-3-1-2-7-8(9)6-16(13(7)19)10-4-5-11(17)15-12(10)18;1-9(2)15-12(16)11-6-4-10(5-7-11)8-14-13-3/h4-6,8-15,18,20,27H,7,16-17,19,32H2,1-3H3;4-5,8-9,21,25H,6-7,10-12H2,1-3H3,(H2,20,22);3-5,8-9H,6-7,17H2,1-2H3;3-6,8-9H,7H2,1-2H3,(H2,15,17);1-3,10H,4-6,14H2,(H,15,17,18);4-7,9,13-14H,8H2,1-3H3,(H,15,16)/t27-;;;;;/m1...../s1. The molecule has 0 spiro atoms. The second kappa shape index (κ2) is 46.5. The van der Waals surface area contributed by atoms with E-state index in [4.69, 9.17) is 50.2 Å². The summed E-state index contributed by atoms with van der Waals surface area (Å²) >= 11 is 6.28. The van der Waals surface area contributed by atoms with Gasteiger partial charge in [-0.25, -0.2) is 38.1 Å². The van der Waals surface area contributed by atoms with Crippen LogP contribution in [-0.2, 0) is 58.8 Å². The number of benzene rings is 9. The molecule has 139 heavy (non-hydrogen) atoms. The third-order valence-corrected chi connectivity index (χ3v) is 24.4. The number of sulfonamides is 1. The number of aromatic nitrogens is 8. The molecule has 9 aromatic carbocycles. The number of halogens is 1. The summed E-state index contributed by atoms with van der Waals surface area (Å²) in [5, 5.41) is 20.1. The van der Waals surface area contributed by atoms with E-state index in [1.54, 1.807) is 73.0 Å². The van der Waals surface area contributed by atoms with Gasteiger partial charge in [-0.05, 0) is 201 Å². The van der Waals surface area contributed by atoms with Gasteiger partial charge in [-0.2, -0.15) is 0 Å². The van der Waals surface area contributed by atoms with Crippen LogP contribution in [0.15, 0.2) is 205 Å². The maximum atomic E-state index is 13.9. The Balaban J connectivity index is 0.000000153. The molecule has 3 aliphatic rings. The number of amides is 7. The van der Waals surface area contributed by atoms with Gasteiger partial charge in [0.15, 0.2) is 11.6 Å². The van der Waals surface area contributed by atoms with Crippen LogP contribution in [0, 0.1) is 18.8 Å². The number of nitrogens with zero attached hydrogens (tertiary/aromatic N) is 12. The summed E-state index contributed by atoms with van der Waals surface area (Å²) in [5.41, 5.74) is 48.1. The lowest BCUT2D eigenvalue weighted by atomic mass is 9.93. The first kappa shape index (κ1) is 104. The molecule has 7 amide bonds. The van der Waals surface area contributed by atoms with E-state index >= 15 is 0 Å². The number of carbonyl (C=O) groups is 7. The number of nitrogens with one attached hydrogen (secondary N) is 5. The van der Waals surface area contributed by atoms with E-state index in [0.717, 1.165) is 97.6 Å². The number of likely N-dealkylation sites (N-methyl/N-ethyl adjacent to an activating group) is 1. The van der Waals surface area contributed by atoms with Crippen molar-refractivity contribution in [3.63, 3.8) is 0 Å². The highest BCUT2D eigenvalue weighted by Crippen LogP contribution is 2.37. The topological polar surface area (TPSA) is 473 Å². The van der Waals surface area contributed by atoms with Crippen LogP contribution in [-0.4, -0.2) is 191 Å². The number of rotatable bonds is 28. The van der Waals surface area contributed by atoms with Gasteiger partial charge in [-0.3, -0.25) is 64.0 Å². The van der Waals surface area contributed by atoms with Crippen molar-refractivity contribution in [2.24, 2.45) is 17.6 Å². The smallest absolute Gasteiger partial charge is 0.261 e. The fraction of sp³-hybridized carbons (Fsp3) is 0.337. The summed E-state index contributed by atoms with van der Waals surface area (Å²) in [7, 11) is 2.46. The van der Waals surface area contributed by atoms with Crippen LogP contribution in [0.25, 0.3) is 65.5 Å². The molecule has 2 atom stereocenters. The van der Waals surface area contributed by atoms with E-state index in [2.05, 4.69) is 65.6 Å². The van der Waals surface area contributed by atoms with Crippen molar-refractivity contribution in [2.45, 2.75) is 157 Å². The van der Waals surface area contributed by atoms with Crippen LogP contribution in [0.4, 0.5) is 23.0 Å². The number of imide groups is 2. The average Bonchev–Trinajstić information content (AvgIpc) is 0.887. The van der Waals surface area contributed by atoms with Crippen molar-refractivity contribution in [1.29, 1.82) is 0 Å². The molecule has 0 saturated carbocycles. The molecular weight excluding hydrogens is 1800 g/mol. The SMILES string of the molecule is CC(C)(O)Cn1c(CCCCNS(C)(=O)=O)nc2c(N)nc3ccccc3c21.CC(C)Cn1cnc2c(N)nc3ccccc3c21.CN(C)CCN1C(=O)c2cccc3cc(N)cc(c23)C1=O.CNNCc1ccc(C(=O)NC(C)C)cc1.Cc1ccc(C(=O)N(CCCN)[C@@H](c2nc3cc(Cl)ccc3c(=O)n2Cc2ccccc2)C(C)C)cc1.Nc1cccc2c1CN(C1CCC(=O)NC1=O)C2=O. The van der Waals surface area contributed by atoms with Crippen molar-refractivity contribution >= 4 is 152 Å². The second-order valence-electron chi connectivity index (χ2n) is 36.7. The van der Waals surface area contributed by atoms with Crippen LogP contribution in [0.5, 0.6) is 0 Å². The normalized spacial score (nSPS) is 13.8. The molecule has 1 fully saturated rings. The molecule has 33 nitrogen and oxygen atoms in total. The van der Waals surface area contributed by atoms with Gasteiger partial charge in [0.2, 0.25) is 21.8 Å². The Bertz CT molecular complexity index is 7000. The van der Waals surface area contributed by atoms with E-state index in [9.17, 15) is 51.9 Å². The van der Waals surface area contributed by atoms with E-state index in [1.165, 1.54) is 9.80 Å². The monoisotopic (exact) mass is 1920 g/mol. The van der Waals surface area contributed by atoms with Crippen molar-refractivity contribution in [3.05, 3.63) is 278 Å². The molecule has 730 valence electrons. The average molecular weight is 1930 g/mol. The number of nitrogens with two attached hydrogens (primary N) is 5. The van der Waals surface area contributed by atoms with Gasteiger partial charge in [0.05, 0.1) is 75.8 Å². The molecule has 0 aliphatic carbocycles. The number of anilines is 4. The number of carbonyl (C=O) groups excluding carboxylic acids is 7. The van der Waals surface area contributed by atoms with Gasteiger partial charge in [-0.15, -0.1) is 0 Å². The Morgan fingerprint density at radius 1 is 0.662 bits per heavy atom. The number of piperidine rings is 1. The molecule has 16 N–H and O–H groups in total. The number of para-hydroxylation sites is 2. The number of hydrazine groups is 1. The number of aliphatic hydroxyl groups is 1. The predicted molar refractivity (Wildman–Crippen MR) is 550 cm³/mol. The Hall–Kier alpha value is -14.0.